The summed E-state index contributed by atoms with van der Waals surface area (Å²) < 4.78 is 28.4. The van der Waals surface area contributed by atoms with Gasteiger partial charge in [0.25, 0.3) is 0 Å². The number of rotatable bonds is 4. The summed E-state index contributed by atoms with van der Waals surface area (Å²) in [6.45, 7) is 1.71. The highest BCUT2D eigenvalue weighted by Gasteiger charge is 2.25. The molecule has 0 saturated carbocycles. The Morgan fingerprint density at radius 2 is 2.11 bits per heavy atom. The van der Waals surface area contributed by atoms with Gasteiger partial charge in [-0.2, -0.15) is 0 Å². The van der Waals surface area contributed by atoms with E-state index in [1.165, 1.54) is 18.2 Å². The lowest BCUT2D eigenvalue weighted by Gasteiger charge is -2.13. The molecular formula is C11H13BrO5S. The van der Waals surface area contributed by atoms with Crippen molar-refractivity contribution in [2.75, 3.05) is 12.9 Å². The number of carbonyl (C=O) groups is 1. The average molecular weight is 337 g/mol. The highest BCUT2D eigenvalue weighted by atomic mass is 79.9. The minimum atomic E-state index is -3.53. The van der Waals surface area contributed by atoms with E-state index in [-0.39, 0.29) is 17.1 Å². The van der Waals surface area contributed by atoms with Crippen LogP contribution in [0.3, 0.4) is 0 Å². The monoisotopic (exact) mass is 336 g/mol. The van der Waals surface area contributed by atoms with Crippen LogP contribution in [0.25, 0.3) is 0 Å². The number of aliphatic hydroxyl groups excluding tert-OH is 1. The van der Waals surface area contributed by atoms with E-state index in [9.17, 15) is 18.3 Å². The lowest BCUT2D eigenvalue weighted by atomic mass is 10.1. The topological polar surface area (TPSA) is 80.7 Å². The van der Waals surface area contributed by atoms with Crippen molar-refractivity contribution in [2.45, 2.75) is 17.9 Å². The summed E-state index contributed by atoms with van der Waals surface area (Å²) in [5, 5.41) is 9.83. The van der Waals surface area contributed by atoms with Crippen molar-refractivity contribution in [3.05, 3.63) is 28.2 Å². The van der Waals surface area contributed by atoms with E-state index in [0.717, 1.165) is 6.26 Å². The quantitative estimate of drug-likeness (QED) is 0.841. The van der Waals surface area contributed by atoms with Gasteiger partial charge in [-0.15, -0.1) is 0 Å². The molecule has 0 heterocycles. The first kappa shape index (κ1) is 15.1. The van der Waals surface area contributed by atoms with Crippen LogP contribution in [-0.4, -0.2) is 32.4 Å². The Kier molecular flexibility index (Phi) is 4.89. The Morgan fingerprint density at radius 3 is 2.61 bits per heavy atom. The molecule has 18 heavy (non-hydrogen) atoms. The van der Waals surface area contributed by atoms with Crippen molar-refractivity contribution in [3.63, 3.8) is 0 Å². The predicted octanol–water partition coefficient (Wildman–Crippen LogP) is 1.45. The van der Waals surface area contributed by atoms with Gasteiger partial charge in [0.05, 0.1) is 11.5 Å². The molecule has 1 rings (SSSR count). The fourth-order valence-corrected chi connectivity index (χ4v) is 2.71. The van der Waals surface area contributed by atoms with Gasteiger partial charge < -0.3 is 9.84 Å². The smallest absolute Gasteiger partial charge is 0.339 e. The fourth-order valence-electron chi connectivity index (χ4n) is 1.42. The molecule has 0 fully saturated rings. The fraction of sp³-hybridized carbons (Fsp3) is 0.364. The van der Waals surface area contributed by atoms with Gasteiger partial charge in [0.2, 0.25) is 0 Å². The van der Waals surface area contributed by atoms with Gasteiger partial charge in [0.1, 0.15) is 0 Å². The molecule has 1 aromatic carbocycles. The van der Waals surface area contributed by atoms with E-state index < -0.39 is 21.9 Å². The minimum absolute atomic E-state index is 0.00493. The van der Waals surface area contributed by atoms with Crippen molar-refractivity contribution in [3.8, 4) is 0 Å². The number of ether oxygens (including phenoxy) is 1. The van der Waals surface area contributed by atoms with Crippen LogP contribution in [0.2, 0.25) is 0 Å². The molecule has 0 saturated heterocycles. The van der Waals surface area contributed by atoms with Crippen molar-refractivity contribution in [1.29, 1.82) is 0 Å². The SMILES string of the molecule is CCOC(=O)C(O)c1cc(Br)ccc1S(C)(=O)=O. The summed E-state index contributed by atoms with van der Waals surface area (Å²) in [4.78, 5) is 11.4. The first-order chi connectivity index (χ1) is 8.27. The molecular weight excluding hydrogens is 324 g/mol. The second-order valence-electron chi connectivity index (χ2n) is 3.61. The maximum Gasteiger partial charge on any atom is 0.339 e. The van der Waals surface area contributed by atoms with Gasteiger partial charge in [0, 0.05) is 16.3 Å². The van der Waals surface area contributed by atoms with Crippen LogP contribution < -0.4 is 0 Å². The van der Waals surface area contributed by atoms with Crippen LogP contribution in [-0.2, 0) is 19.4 Å². The van der Waals surface area contributed by atoms with Crippen LogP contribution in [0.4, 0.5) is 0 Å². The van der Waals surface area contributed by atoms with Gasteiger partial charge in [-0.1, -0.05) is 15.9 Å². The second kappa shape index (κ2) is 5.81. The Labute approximate surface area is 114 Å². The van der Waals surface area contributed by atoms with Crippen molar-refractivity contribution in [2.24, 2.45) is 0 Å². The van der Waals surface area contributed by atoms with E-state index in [2.05, 4.69) is 20.7 Å². The van der Waals surface area contributed by atoms with E-state index in [1.54, 1.807) is 6.92 Å². The molecule has 1 aromatic rings. The zero-order valence-electron chi connectivity index (χ0n) is 9.88. The van der Waals surface area contributed by atoms with E-state index in [1.807, 2.05) is 0 Å². The zero-order valence-corrected chi connectivity index (χ0v) is 12.3. The van der Waals surface area contributed by atoms with E-state index >= 15 is 0 Å². The maximum atomic E-state index is 11.6. The molecule has 1 N–H and O–H groups in total. The summed E-state index contributed by atoms with van der Waals surface area (Å²) in [6.07, 6.45) is -0.607. The Balaban J connectivity index is 3.30. The maximum absolute atomic E-state index is 11.6. The number of hydrogen-bond acceptors (Lipinski definition) is 5. The molecule has 0 aliphatic rings. The molecule has 0 aliphatic carbocycles. The highest BCUT2D eigenvalue weighted by Crippen LogP contribution is 2.27. The molecule has 100 valence electrons. The highest BCUT2D eigenvalue weighted by molar-refractivity contribution is 9.10. The number of esters is 1. The van der Waals surface area contributed by atoms with E-state index in [4.69, 9.17) is 0 Å². The summed E-state index contributed by atoms with van der Waals surface area (Å²) in [7, 11) is -3.53. The van der Waals surface area contributed by atoms with E-state index in [0.29, 0.717) is 4.47 Å². The Bertz CT molecular complexity index is 553. The minimum Gasteiger partial charge on any atom is -0.464 e. The molecule has 5 nitrogen and oxygen atoms in total. The van der Waals surface area contributed by atoms with Crippen LogP contribution in [0.5, 0.6) is 0 Å². The predicted molar refractivity (Wildman–Crippen MR) is 68.8 cm³/mol. The van der Waals surface area contributed by atoms with Gasteiger partial charge in [0.15, 0.2) is 15.9 Å². The van der Waals surface area contributed by atoms with Crippen LogP contribution in [0, 0.1) is 0 Å². The van der Waals surface area contributed by atoms with Gasteiger partial charge in [-0.05, 0) is 25.1 Å². The lowest BCUT2D eigenvalue weighted by molar-refractivity contribution is -0.153. The van der Waals surface area contributed by atoms with Crippen molar-refractivity contribution < 1.29 is 23.1 Å². The second-order valence-corrected chi connectivity index (χ2v) is 6.51. The number of hydrogen-bond donors (Lipinski definition) is 1. The molecule has 0 aromatic heterocycles. The number of aliphatic hydroxyl groups is 1. The molecule has 0 amide bonds. The summed E-state index contributed by atoms with van der Waals surface area (Å²) in [5.41, 5.74) is 0.00493. The standard InChI is InChI=1S/C11H13BrO5S/c1-3-17-11(14)10(13)8-6-7(12)4-5-9(8)18(2,15)16/h4-6,10,13H,3H2,1-2H3. The third-order valence-electron chi connectivity index (χ3n) is 2.18. The third kappa shape index (κ3) is 3.54. The molecule has 0 aliphatic heterocycles. The number of benzene rings is 1. The van der Waals surface area contributed by atoms with Gasteiger partial charge in [-0.25, -0.2) is 13.2 Å². The summed E-state index contributed by atoms with van der Waals surface area (Å²) in [6, 6.07) is 4.24. The molecule has 0 radical (unpaired) electrons. The first-order valence-electron chi connectivity index (χ1n) is 5.11. The van der Waals surface area contributed by atoms with Crippen molar-refractivity contribution in [1.82, 2.24) is 0 Å². The molecule has 0 spiro atoms. The normalized spacial score (nSPS) is 13.1. The number of carbonyl (C=O) groups excluding carboxylic acids is 1. The molecule has 1 atom stereocenters. The average Bonchev–Trinajstić information content (AvgIpc) is 2.26. The van der Waals surface area contributed by atoms with Crippen molar-refractivity contribution >= 4 is 31.7 Å². The number of sulfone groups is 1. The first-order valence-corrected chi connectivity index (χ1v) is 7.80. The van der Waals surface area contributed by atoms with Crippen LogP contribution in [0.1, 0.15) is 18.6 Å². The largest absolute Gasteiger partial charge is 0.464 e. The summed E-state index contributed by atoms with van der Waals surface area (Å²) >= 11 is 3.16. The van der Waals surface area contributed by atoms with Crippen LogP contribution in [0.15, 0.2) is 27.6 Å². The Morgan fingerprint density at radius 1 is 1.50 bits per heavy atom. The summed E-state index contributed by atoms with van der Waals surface area (Å²) in [5.74, 6) is -0.875. The molecule has 0 bridgehead atoms. The molecule has 1 unspecified atom stereocenters. The lowest BCUT2D eigenvalue weighted by Crippen LogP contribution is -2.18. The third-order valence-corrected chi connectivity index (χ3v) is 3.84. The number of halogens is 1. The van der Waals surface area contributed by atoms with Gasteiger partial charge in [-0.3, -0.25) is 0 Å². The molecule has 7 heteroatoms. The Hall–Kier alpha value is -0.920. The van der Waals surface area contributed by atoms with Crippen LogP contribution >= 0.6 is 15.9 Å². The zero-order chi connectivity index (χ0) is 13.9. The van der Waals surface area contributed by atoms with Gasteiger partial charge >= 0.3 is 5.97 Å².